The third-order valence-electron chi connectivity index (χ3n) is 3.37. The molecular weight excluding hydrogens is 294 g/mol. The summed E-state index contributed by atoms with van der Waals surface area (Å²) in [7, 11) is -0.755. The normalized spacial score (nSPS) is 23.0. The first kappa shape index (κ1) is 13.9. The van der Waals surface area contributed by atoms with Crippen molar-refractivity contribution in [2.45, 2.75) is 25.1 Å². The van der Waals surface area contributed by atoms with Crippen molar-refractivity contribution in [1.29, 1.82) is 0 Å². The molecule has 0 aromatic carbocycles. The van der Waals surface area contributed by atoms with Gasteiger partial charge in [0.15, 0.2) is 0 Å². The topological polar surface area (TPSA) is 59.2 Å². The highest BCUT2D eigenvalue weighted by Gasteiger charge is 2.33. The second-order valence-electron chi connectivity index (χ2n) is 5.50. The van der Waals surface area contributed by atoms with Gasteiger partial charge >= 0.3 is 0 Å². The van der Waals surface area contributed by atoms with Gasteiger partial charge in [0.25, 0.3) is 5.89 Å². The Balaban J connectivity index is 1.68. The van der Waals surface area contributed by atoms with Crippen LogP contribution in [0.15, 0.2) is 21.9 Å². The maximum Gasteiger partial charge on any atom is 0.257 e. The standard InChI is InChI=1S/C13H17N3O2S2/c1-13(2)9-16(5-7-20(13)17)8-11-14-15-12(18-11)10-4-3-6-19-10/h3-4,6H,5,7-9H2,1-2H3/t20-/m1/s1. The van der Waals surface area contributed by atoms with Crippen LogP contribution < -0.4 is 0 Å². The molecule has 2 aromatic rings. The highest BCUT2D eigenvalue weighted by Crippen LogP contribution is 2.25. The summed E-state index contributed by atoms with van der Waals surface area (Å²) in [5, 5.41) is 10.2. The Morgan fingerprint density at radius 3 is 3.05 bits per heavy atom. The van der Waals surface area contributed by atoms with Crippen molar-refractivity contribution in [3.8, 4) is 10.8 Å². The lowest BCUT2D eigenvalue weighted by Crippen LogP contribution is -2.49. The highest BCUT2D eigenvalue weighted by molar-refractivity contribution is 7.86. The third kappa shape index (κ3) is 2.84. The van der Waals surface area contributed by atoms with Crippen LogP contribution in [0.1, 0.15) is 19.7 Å². The van der Waals surface area contributed by atoms with Gasteiger partial charge in [-0.25, -0.2) is 0 Å². The van der Waals surface area contributed by atoms with Crippen molar-refractivity contribution in [3.63, 3.8) is 0 Å². The van der Waals surface area contributed by atoms with E-state index in [2.05, 4.69) is 15.1 Å². The molecule has 7 heteroatoms. The maximum absolute atomic E-state index is 11.9. The van der Waals surface area contributed by atoms with E-state index in [9.17, 15) is 4.21 Å². The van der Waals surface area contributed by atoms with E-state index in [0.717, 1.165) is 18.0 Å². The molecule has 0 saturated carbocycles. The van der Waals surface area contributed by atoms with Gasteiger partial charge in [-0.05, 0) is 25.3 Å². The molecule has 20 heavy (non-hydrogen) atoms. The summed E-state index contributed by atoms with van der Waals surface area (Å²) >= 11 is 1.59. The van der Waals surface area contributed by atoms with E-state index in [-0.39, 0.29) is 4.75 Å². The van der Waals surface area contributed by atoms with Crippen LogP contribution in [0.25, 0.3) is 10.8 Å². The zero-order chi connectivity index (χ0) is 14.2. The first-order valence-corrected chi connectivity index (χ1v) is 8.71. The number of nitrogens with zero attached hydrogens (tertiary/aromatic N) is 3. The Hall–Kier alpha value is -1.05. The van der Waals surface area contributed by atoms with Crippen molar-refractivity contribution < 1.29 is 8.63 Å². The Kier molecular flexibility index (Phi) is 3.74. The largest absolute Gasteiger partial charge is 0.419 e. The van der Waals surface area contributed by atoms with E-state index in [0.29, 0.717) is 24.1 Å². The van der Waals surface area contributed by atoms with Gasteiger partial charge in [0.2, 0.25) is 5.89 Å². The third-order valence-corrected chi connectivity index (χ3v) is 6.14. The monoisotopic (exact) mass is 311 g/mol. The zero-order valence-corrected chi connectivity index (χ0v) is 13.2. The predicted octanol–water partition coefficient (Wildman–Crippen LogP) is 2.14. The maximum atomic E-state index is 11.9. The number of rotatable bonds is 3. The zero-order valence-electron chi connectivity index (χ0n) is 11.5. The molecule has 0 amide bonds. The quantitative estimate of drug-likeness (QED) is 0.869. The van der Waals surface area contributed by atoms with Crippen LogP contribution in [0.2, 0.25) is 0 Å². The lowest BCUT2D eigenvalue weighted by Gasteiger charge is -2.36. The molecule has 1 atom stereocenters. The minimum atomic E-state index is -0.755. The van der Waals surface area contributed by atoms with Gasteiger partial charge in [-0.15, -0.1) is 21.5 Å². The average Bonchev–Trinajstić information content (AvgIpc) is 3.03. The summed E-state index contributed by atoms with van der Waals surface area (Å²) in [5.74, 6) is 1.91. The summed E-state index contributed by atoms with van der Waals surface area (Å²) < 4.78 is 17.4. The molecule has 0 aliphatic carbocycles. The van der Waals surface area contributed by atoms with Gasteiger partial charge < -0.3 is 4.42 Å². The molecule has 0 radical (unpaired) electrons. The van der Waals surface area contributed by atoms with Crippen LogP contribution in [-0.4, -0.2) is 42.9 Å². The van der Waals surface area contributed by atoms with E-state index < -0.39 is 10.8 Å². The molecule has 2 aromatic heterocycles. The summed E-state index contributed by atoms with van der Waals surface area (Å²) in [6.45, 7) is 6.31. The lowest BCUT2D eigenvalue weighted by atomic mass is 10.2. The van der Waals surface area contributed by atoms with Crippen molar-refractivity contribution >= 4 is 22.1 Å². The second kappa shape index (κ2) is 5.38. The van der Waals surface area contributed by atoms with Crippen LogP contribution in [0.4, 0.5) is 0 Å². The minimum Gasteiger partial charge on any atom is -0.419 e. The van der Waals surface area contributed by atoms with Crippen LogP contribution in [0, 0.1) is 0 Å². The molecule has 1 aliphatic heterocycles. The average molecular weight is 311 g/mol. The van der Waals surface area contributed by atoms with E-state index in [1.165, 1.54) is 0 Å². The van der Waals surface area contributed by atoms with Crippen molar-refractivity contribution in [2.24, 2.45) is 0 Å². The van der Waals surface area contributed by atoms with Gasteiger partial charge in [-0.3, -0.25) is 9.11 Å². The first-order valence-electron chi connectivity index (χ1n) is 6.52. The molecule has 3 rings (SSSR count). The lowest BCUT2D eigenvalue weighted by molar-refractivity contribution is 0.225. The van der Waals surface area contributed by atoms with Gasteiger partial charge in [-0.2, -0.15) is 0 Å². The molecule has 1 fully saturated rings. The van der Waals surface area contributed by atoms with E-state index >= 15 is 0 Å². The van der Waals surface area contributed by atoms with Crippen LogP contribution >= 0.6 is 11.3 Å². The molecule has 3 heterocycles. The van der Waals surface area contributed by atoms with Crippen molar-refractivity contribution in [2.75, 3.05) is 18.8 Å². The second-order valence-corrected chi connectivity index (χ2v) is 8.65. The molecular formula is C13H17N3O2S2. The SMILES string of the molecule is CC1(C)CN(Cc2nnc(-c3cccs3)o2)CC[S@]1=O. The van der Waals surface area contributed by atoms with Gasteiger partial charge in [0.1, 0.15) is 0 Å². The molecule has 108 valence electrons. The Morgan fingerprint density at radius 2 is 2.35 bits per heavy atom. The fourth-order valence-corrected chi connectivity index (χ4v) is 4.27. The van der Waals surface area contributed by atoms with Gasteiger partial charge in [0, 0.05) is 29.6 Å². The fourth-order valence-electron chi connectivity index (χ4n) is 2.32. The fraction of sp³-hybridized carbons (Fsp3) is 0.538. The summed E-state index contributed by atoms with van der Waals surface area (Å²) in [5.41, 5.74) is 0. The van der Waals surface area contributed by atoms with Gasteiger partial charge in [-0.1, -0.05) is 6.07 Å². The van der Waals surface area contributed by atoms with E-state index in [1.807, 2.05) is 31.4 Å². The van der Waals surface area contributed by atoms with E-state index in [1.54, 1.807) is 11.3 Å². The molecule has 0 bridgehead atoms. The minimum absolute atomic E-state index is 0.172. The summed E-state index contributed by atoms with van der Waals surface area (Å²) in [4.78, 5) is 3.22. The molecule has 0 spiro atoms. The molecule has 1 saturated heterocycles. The molecule has 1 aliphatic rings. The summed E-state index contributed by atoms with van der Waals surface area (Å²) in [6.07, 6.45) is 0. The number of aromatic nitrogens is 2. The number of hydrogen-bond donors (Lipinski definition) is 0. The van der Waals surface area contributed by atoms with Crippen LogP contribution in [0.3, 0.4) is 0 Å². The van der Waals surface area contributed by atoms with Gasteiger partial charge in [0.05, 0.1) is 16.2 Å². The highest BCUT2D eigenvalue weighted by atomic mass is 32.2. The first-order chi connectivity index (χ1) is 9.54. The van der Waals surface area contributed by atoms with Crippen LogP contribution in [0.5, 0.6) is 0 Å². The Labute approximate surface area is 124 Å². The molecule has 0 N–H and O–H groups in total. The number of thiophene rings is 1. The number of hydrogen-bond acceptors (Lipinski definition) is 6. The van der Waals surface area contributed by atoms with Crippen molar-refractivity contribution in [3.05, 3.63) is 23.4 Å². The van der Waals surface area contributed by atoms with E-state index in [4.69, 9.17) is 4.42 Å². The Bertz CT molecular complexity index is 607. The van der Waals surface area contributed by atoms with Crippen molar-refractivity contribution in [1.82, 2.24) is 15.1 Å². The molecule has 5 nitrogen and oxygen atoms in total. The predicted molar refractivity (Wildman–Crippen MR) is 80.0 cm³/mol. The van der Waals surface area contributed by atoms with Crippen LogP contribution in [-0.2, 0) is 17.3 Å². The summed E-state index contributed by atoms with van der Waals surface area (Å²) in [6, 6.07) is 3.93. The smallest absolute Gasteiger partial charge is 0.257 e. The Morgan fingerprint density at radius 1 is 1.50 bits per heavy atom. The molecule has 0 unspecified atom stereocenters.